The molecule has 0 amide bonds. The summed E-state index contributed by atoms with van der Waals surface area (Å²) in [5.74, 6) is 2.28. The lowest BCUT2D eigenvalue weighted by molar-refractivity contribution is 0.0728. The fourth-order valence-corrected chi connectivity index (χ4v) is 6.68. The van der Waals surface area contributed by atoms with Gasteiger partial charge >= 0.3 is 0 Å². The molecular weight excluding hydrogens is 459 g/mol. The Labute approximate surface area is 210 Å². The van der Waals surface area contributed by atoms with Crippen molar-refractivity contribution in [3.05, 3.63) is 41.3 Å². The van der Waals surface area contributed by atoms with Gasteiger partial charge in [0.1, 0.15) is 17.8 Å². The minimum Gasteiger partial charge on any atom is -0.380 e. The number of ether oxygens (including phenoxy) is 2. The second-order valence-electron chi connectivity index (χ2n) is 10.9. The van der Waals surface area contributed by atoms with Crippen LogP contribution in [0.3, 0.4) is 0 Å². The zero-order valence-electron chi connectivity index (χ0n) is 20.9. The van der Waals surface area contributed by atoms with Gasteiger partial charge in [0.25, 0.3) is 0 Å². The summed E-state index contributed by atoms with van der Waals surface area (Å²) in [4.78, 5) is 14.1. The minimum atomic E-state index is -0.896. The van der Waals surface area contributed by atoms with Crippen molar-refractivity contribution in [2.75, 3.05) is 44.4 Å². The van der Waals surface area contributed by atoms with Crippen molar-refractivity contribution in [2.24, 2.45) is 0 Å². The maximum Gasteiger partial charge on any atom is 0.159 e. The lowest BCUT2D eigenvalue weighted by Gasteiger charge is -2.38. The van der Waals surface area contributed by atoms with Gasteiger partial charge in [-0.25, -0.2) is 19.0 Å². The van der Waals surface area contributed by atoms with Crippen LogP contribution >= 0.6 is 0 Å². The molecule has 5 atom stereocenters. The molecule has 9 heteroatoms. The number of morpholine rings is 1. The van der Waals surface area contributed by atoms with Crippen LogP contribution in [0.15, 0.2) is 24.4 Å². The number of aromatic nitrogens is 4. The van der Waals surface area contributed by atoms with Crippen molar-refractivity contribution in [3.63, 3.8) is 0 Å². The summed E-state index contributed by atoms with van der Waals surface area (Å²) in [6.07, 6.45) is 4.16. The Morgan fingerprint density at radius 1 is 1.00 bits per heavy atom. The largest absolute Gasteiger partial charge is 0.380 e. The fourth-order valence-electron chi connectivity index (χ4n) is 6.68. The van der Waals surface area contributed by atoms with Gasteiger partial charge in [0.15, 0.2) is 5.82 Å². The van der Waals surface area contributed by atoms with Crippen LogP contribution in [0.5, 0.6) is 0 Å². The molecule has 1 aromatic carbocycles. The molecule has 4 saturated heterocycles. The first kappa shape index (κ1) is 22.6. The quantitative estimate of drug-likeness (QED) is 0.553. The normalized spacial score (nSPS) is 30.6. The van der Waals surface area contributed by atoms with E-state index in [1.807, 2.05) is 23.9 Å². The third kappa shape index (κ3) is 3.79. The van der Waals surface area contributed by atoms with E-state index in [4.69, 9.17) is 24.5 Å². The van der Waals surface area contributed by atoms with Crippen molar-refractivity contribution in [1.82, 2.24) is 24.6 Å². The van der Waals surface area contributed by atoms with E-state index in [0.29, 0.717) is 30.6 Å². The molecule has 6 heterocycles. The topological polar surface area (TPSA) is 68.5 Å². The molecule has 4 aliphatic heterocycles. The Balaban J connectivity index is 1.21. The van der Waals surface area contributed by atoms with Gasteiger partial charge in [-0.1, -0.05) is 0 Å². The number of rotatable bonds is 4. The van der Waals surface area contributed by atoms with E-state index in [-0.39, 0.29) is 5.92 Å². The van der Waals surface area contributed by atoms with Crippen LogP contribution in [0.4, 0.5) is 10.2 Å². The minimum absolute atomic E-state index is 0.112. The first-order chi connectivity index (χ1) is 17.5. The summed E-state index contributed by atoms with van der Waals surface area (Å²) < 4.78 is 28.8. The highest BCUT2D eigenvalue weighted by Gasteiger charge is 2.40. The van der Waals surface area contributed by atoms with Crippen LogP contribution in [-0.2, 0) is 9.47 Å². The summed E-state index contributed by atoms with van der Waals surface area (Å²) in [7, 11) is 0. The number of hydrogen-bond acceptors (Lipinski definition) is 7. The van der Waals surface area contributed by atoms with E-state index in [9.17, 15) is 0 Å². The third-order valence-corrected chi connectivity index (χ3v) is 8.57. The Morgan fingerprint density at radius 2 is 1.89 bits per heavy atom. The van der Waals surface area contributed by atoms with Gasteiger partial charge in [-0.15, -0.1) is 0 Å². The van der Waals surface area contributed by atoms with E-state index in [1.54, 1.807) is 0 Å². The zero-order valence-corrected chi connectivity index (χ0v) is 20.9. The van der Waals surface area contributed by atoms with E-state index < -0.39 is 6.17 Å². The number of benzene rings is 1. The average Bonchev–Trinajstić information content (AvgIpc) is 3.68. The van der Waals surface area contributed by atoms with Crippen molar-refractivity contribution < 1.29 is 13.9 Å². The predicted octanol–water partition coefficient (Wildman–Crippen LogP) is 3.33. The maximum absolute atomic E-state index is 15.6. The summed E-state index contributed by atoms with van der Waals surface area (Å²) in [6, 6.07) is 7.06. The molecule has 1 unspecified atom stereocenters. The van der Waals surface area contributed by atoms with E-state index >= 15 is 4.39 Å². The predicted molar refractivity (Wildman–Crippen MR) is 135 cm³/mol. The average molecular weight is 493 g/mol. The van der Waals surface area contributed by atoms with Gasteiger partial charge in [-0.05, 0) is 62.9 Å². The molecule has 7 rings (SSSR count). The number of fused-ring (bicyclic) bond motifs is 3. The van der Waals surface area contributed by atoms with Crippen LogP contribution in [0.1, 0.15) is 42.1 Å². The standard InChI is InChI=1S/C27H33FN6O2/c1-16-7-18-11-29-34(27-10-26(30-17(2)31-27)33-12-21-8-20(33)15-36-21)25(18)9-23(16)22-3-5-32(13-24(22)28)19-4-6-35-14-19/h7,9-11,19-22,24H,3-6,8,12-15H2,1-2H3/t19?,20-,21-,22-,24-/m1/s1. The molecule has 190 valence electrons. The molecule has 4 fully saturated rings. The molecule has 0 aliphatic carbocycles. The summed E-state index contributed by atoms with van der Waals surface area (Å²) >= 11 is 0. The van der Waals surface area contributed by atoms with Crippen LogP contribution in [-0.4, -0.2) is 88.5 Å². The lowest BCUT2D eigenvalue weighted by Crippen LogP contribution is -2.46. The summed E-state index contributed by atoms with van der Waals surface area (Å²) in [5, 5.41) is 5.74. The van der Waals surface area contributed by atoms with Crippen molar-refractivity contribution >= 4 is 16.7 Å². The Bertz CT molecular complexity index is 1290. The van der Waals surface area contributed by atoms with Gasteiger partial charge in [0, 0.05) is 43.1 Å². The fraction of sp³-hybridized carbons (Fsp3) is 0.593. The molecule has 0 spiro atoms. The van der Waals surface area contributed by atoms with Crippen molar-refractivity contribution in [3.8, 4) is 5.82 Å². The highest BCUT2D eigenvalue weighted by atomic mass is 19.1. The SMILES string of the molecule is Cc1nc(N2C[C@H]3C[C@@H]2CO3)cc(-n2ncc3cc(C)c([C@H]4CCN(C5CCOC5)C[C@H]4F)cc32)n1. The van der Waals surface area contributed by atoms with Gasteiger partial charge < -0.3 is 14.4 Å². The molecule has 4 aliphatic rings. The Hall–Kier alpha value is -2.62. The van der Waals surface area contributed by atoms with Crippen molar-refractivity contribution in [1.29, 1.82) is 0 Å². The molecule has 8 nitrogen and oxygen atoms in total. The lowest BCUT2D eigenvalue weighted by atomic mass is 9.84. The highest BCUT2D eigenvalue weighted by Crippen LogP contribution is 2.37. The summed E-state index contributed by atoms with van der Waals surface area (Å²) in [6.45, 7) is 8.55. The summed E-state index contributed by atoms with van der Waals surface area (Å²) in [5.41, 5.74) is 3.17. The number of hydrogen-bond donors (Lipinski definition) is 0. The number of aryl methyl sites for hydroxylation is 2. The van der Waals surface area contributed by atoms with E-state index in [2.05, 4.69) is 28.9 Å². The highest BCUT2D eigenvalue weighted by molar-refractivity contribution is 5.82. The number of anilines is 1. The number of likely N-dealkylation sites (tertiary alicyclic amines) is 1. The van der Waals surface area contributed by atoms with Crippen molar-refractivity contribution in [2.45, 2.75) is 63.4 Å². The molecule has 2 bridgehead atoms. The second-order valence-corrected chi connectivity index (χ2v) is 10.9. The van der Waals surface area contributed by atoms with Gasteiger partial charge in [0.2, 0.25) is 0 Å². The molecular formula is C27H33FN6O2. The van der Waals surface area contributed by atoms with Gasteiger partial charge in [0.05, 0.1) is 37.1 Å². The molecule has 3 aromatic rings. The Kier molecular flexibility index (Phi) is 5.48. The Morgan fingerprint density at radius 3 is 2.64 bits per heavy atom. The van der Waals surface area contributed by atoms with E-state index in [0.717, 1.165) is 85.8 Å². The zero-order chi connectivity index (χ0) is 24.4. The molecule has 0 saturated carbocycles. The molecule has 2 aromatic heterocycles. The maximum atomic E-state index is 15.6. The smallest absolute Gasteiger partial charge is 0.159 e. The second kappa shape index (κ2) is 8.75. The van der Waals surface area contributed by atoms with Crippen LogP contribution in [0.25, 0.3) is 16.7 Å². The molecule has 36 heavy (non-hydrogen) atoms. The van der Waals surface area contributed by atoms with Crippen LogP contribution in [0.2, 0.25) is 0 Å². The first-order valence-corrected chi connectivity index (χ1v) is 13.2. The number of alkyl halides is 1. The number of halogens is 1. The van der Waals surface area contributed by atoms with E-state index in [1.165, 1.54) is 0 Å². The first-order valence-electron chi connectivity index (χ1n) is 13.2. The molecule has 0 radical (unpaired) electrons. The van der Waals surface area contributed by atoms with Crippen LogP contribution in [0, 0.1) is 13.8 Å². The van der Waals surface area contributed by atoms with Gasteiger partial charge in [-0.3, -0.25) is 4.90 Å². The third-order valence-electron chi connectivity index (χ3n) is 8.57. The number of piperidine rings is 1. The molecule has 0 N–H and O–H groups in total. The van der Waals surface area contributed by atoms with Crippen LogP contribution < -0.4 is 4.90 Å². The number of nitrogens with zero attached hydrogens (tertiary/aromatic N) is 6. The van der Waals surface area contributed by atoms with Gasteiger partial charge in [-0.2, -0.15) is 5.10 Å². The monoisotopic (exact) mass is 492 g/mol.